The summed E-state index contributed by atoms with van der Waals surface area (Å²) >= 11 is 0. The fourth-order valence-electron chi connectivity index (χ4n) is 1.45. The molecular formula is C15H19NO6. The molecule has 2 N–H and O–H groups in total. The summed E-state index contributed by atoms with van der Waals surface area (Å²) in [5, 5.41) is 11.3. The molecule has 0 fully saturated rings. The van der Waals surface area contributed by atoms with Crippen LogP contribution in [0.1, 0.15) is 31.1 Å². The molecule has 22 heavy (non-hydrogen) atoms. The maximum atomic E-state index is 11.6. The number of carbonyl (C=O) groups excluding carboxylic acids is 2. The molecule has 7 nitrogen and oxygen atoms in total. The highest BCUT2D eigenvalue weighted by molar-refractivity contribution is 5.80. The molecule has 120 valence electrons. The van der Waals surface area contributed by atoms with E-state index in [2.05, 4.69) is 5.32 Å². The van der Waals surface area contributed by atoms with Crippen molar-refractivity contribution in [1.29, 1.82) is 0 Å². The maximum absolute atomic E-state index is 11.6. The number of amides is 1. The maximum Gasteiger partial charge on any atom is 0.408 e. The first kappa shape index (κ1) is 17.5. The van der Waals surface area contributed by atoms with Gasteiger partial charge in [0.15, 0.2) is 6.04 Å². The highest BCUT2D eigenvalue weighted by Gasteiger charge is 2.24. The number of hydrogen-bond acceptors (Lipinski definition) is 5. The Morgan fingerprint density at radius 3 is 2.32 bits per heavy atom. The van der Waals surface area contributed by atoms with Crippen molar-refractivity contribution in [1.82, 2.24) is 5.32 Å². The Morgan fingerprint density at radius 2 is 1.86 bits per heavy atom. The van der Waals surface area contributed by atoms with Crippen molar-refractivity contribution >= 4 is 18.3 Å². The first-order valence-electron chi connectivity index (χ1n) is 6.61. The van der Waals surface area contributed by atoms with E-state index in [9.17, 15) is 14.4 Å². The summed E-state index contributed by atoms with van der Waals surface area (Å²) in [7, 11) is 0. The average molecular weight is 309 g/mol. The molecule has 1 aromatic rings. The zero-order valence-corrected chi connectivity index (χ0v) is 12.7. The van der Waals surface area contributed by atoms with Gasteiger partial charge in [0.2, 0.25) is 0 Å². The van der Waals surface area contributed by atoms with Crippen molar-refractivity contribution in [3.63, 3.8) is 0 Å². The van der Waals surface area contributed by atoms with Crippen molar-refractivity contribution in [3.05, 3.63) is 29.8 Å². The number of nitrogens with one attached hydrogen (secondary N) is 1. The summed E-state index contributed by atoms with van der Waals surface area (Å²) in [5.41, 5.74) is -0.243. The number of benzene rings is 1. The van der Waals surface area contributed by atoms with E-state index < -0.39 is 23.7 Å². The fourth-order valence-corrected chi connectivity index (χ4v) is 1.45. The summed E-state index contributed by atoms with van der Waals surface area (Å²) in [6.45, 7) is 4.75. The molecule has 0 aromatic heterocycles. The van der Waals surface area contributed by atoms with Crippen LogP contribution in [0.4, 0.5) is 4.79 Å². The zero-order valence-electron chi connectivity index (χ0n) is 12.7. The van der Waals surface area contributed by atoms with Gasteiger partial charge < -0.3 is 19.9 Å². The lowest BCUT2D eigenvalue weighted by molar-refractivity contribution is -0.140. The molecule has 0 aliphatic rings. The second-order valence-electron chi connectivity index (χ2n) is 5.53. The first-order valence-corrected chi connectivity index (χ1v) is 6.61. The minimum Gasteiger partial charge on any atom is -0.491 e. The van der Waals surface area contributed by atoms with Crippen LogP contribution in [0.2, 0.25) is 0 Å². The molecule has 1 atom stereocenters. The number of rotatable bonds is 6. The number of aliphatic carboxylic acids is 1. The number of carboxylic acids is 1. The van der Waals surface area contributed by atoms with Crippen molar-refractivity contribution in [2.45, 2.75) is 32.4 Å². The van der Waals surface area contributed by atoms with Crippen molar-refractivity contribution in [2.75, 3.05) is 6.61 Å². The molecule has 0 saturated carbocycles. The van der Waals surface area contributed by atoms with E-state index in [4.69, 9.17) is 14.6 Å². The molecule has 0 aliphatic heterocycles. The minimum atomic E-state index is -1.25. The summed E-state index contributed by atoms with van der Waals surface area (Å²) in [4.78, 5) is 33.2. The Bertz CT molecular complexity index is 532. The number of alkyl carbamates (subject to hydrolysis) is 1. The van der Waals surface area contributed by atoms with E-state index >= 15 is 0 Å². The van der Waals surface area contributed by atoms with Crippen molar-refractivity contribution < 1.29 is 29.0 Å². The molecule has 0 radical (unpaired) electrons. The fraction of sp³-hybridized carbons (Fsp3) is 0.400. The van der Waals surface area contributed by atoms with Gasteiger partial charge >= 0.3 is 12.1 Å². The molecule has 0 spiro atoms. The number of hydrogen-bond donors (Lipinski definition) is 2. The van der Waals surface area contributed by atoms with Gasteiger partial charge in [-0.1, -0.05) is 0 Å². The highest BCUT2D eigenvalue weighted by atomic mass is 16.6. The molecule has 0 saturated heterocycles. The smallest absolute Gasteiger partial charge is 0.408 e. The third-order valence-electron chi connectivity index (χ3n) is 2.42. The van der Waals surface area contributed by atoms with E-state index in [1.54, 1.807) is 32.9 Å². The molecule has 1 unspecified atom stereocenters. The highest BCUT2D eigenvalue weighted by Crippen LogP contribution is 2.12. The van der Waals surface area contributed by atoms with Crippen LogP contribution in [0, 0.1) is 0 Å². The lowest BCUT2D eigenvalue weighted by Crippen LogP contribution is -2.46. The normalized spacial score (nSPS) is 12.1. The lowest BCUT2D eigenvalue weighted by atomic mass is 10.2. The van der Waals surface area contributed by atoms with E-state index in [-0.39, 0.29) is 6.61 Å². The number of carboxylic acid groups (broad SMARTS) is 1. The molecule has 0 heterocycles. The van der Waals surface area contributed by atoms with Crippen LogP contribution < -0.4 is 10.1 Å². The van der Waals surface area contributed by atoms with Crippen LogP contribution in [0.25, 0.3) is 0 Å². The predicted octanol–water partition coefficient (Wildman–Crippen LogP) is 1.86. The molecule has 0 aliphatic carbocycles. The Hall–Kier alpha value is -2.57. The summed E-state index contributed by atoms with van der Waals surface area (Å²) in [5.74, 6) is -0.849. The van der Waals surface area contributed by atoms with Crippen LogP contribution in [0.3, 0.4) is 0 Å². The summed E-state index contributed by atoms with van der Waals surface area (Å²) < 4.78 is 10.3. The summed E-state index contributed by atoms with van der Waals surface area (Å²) in [6, 6.07) is 4.91. The quantitative estimate of drug-likeness (QED) is 0.778. The second-order valence-corrected chi connectivity index (χ2v) is 5.53. The Kier molecular flexibility index (Phi) is 5.91. The van der Waals surface area contributed by atoms with Crippen LogP contribution in [0.5, 0.6) is 5.75 Å². The zero-order chi connectivity index (χ0) is 16.8. The van der Waals surface area contributed by atoms with Gasteiger partial charge in [-0.2, -0.15) is 0 Å². The van der Waals surface area contributed by atoms with E-state index in [1.165, 1.54) is 12.1 Å². The van der Waals surface area contributed by atoms with E-state index in [0.717, 1.165) is 0 Å². The molecule has 1 aromatic carbocycles. The molecular weight excluding hydrogens is 290 g/mol. The topological polar surface area (TPSA) is 102 Å². The molecule has 1 rings (SSSR count). The third kappa shape index (κ3) is 6.25. The van der Waals surface area contributed by atoms with Crippen LogP contribution in [-0.2, 0) is 9.53 Å². The number of aldehydes is 1. The predicted molar refractivity (Wildman–Crippen MR) is 78.1 cm³/mol. The van der Waals surface area contributed by atoms with Crippen molar-refractivity contribution in [2.24, 2.45) is 0 Å². The van der Waals surface area contributed by atoms with Gasteiger partial charge in [-0.15, -0.1) is 0 Å². The van der Waals surface area contributed by atoms with Crippen LogP contribution in [-0.4, -0.2) is 41.7 Å². The van der Waals surface area contributed by atoms with E-state index in [1.807, 2.05) is 0 Å². The number of ether oxygens (including phenoxy) is 2. The van der Waals surface area contributed by atoms with Gasteiger partial charge in [0, 0.05) is 5.56 Å². The second kappa shape index (κ2) is 7.44. The largest absolute Gasteiger partial charge is 0.491 e. The molecule has 7 heteroatoms. The van der Waals surface area contributed by atoms with Gasteiger partial charge in [-0.25, -0.2) is 9.59 Å². The average Bonchev–Trinajstić information content (AvgIpc) is 2.41. The van der Waals surface area contributed by atoms with Gasteiger partial charge in [0.25, 0.3) is 0 Å². The monoisotopic (exact) mass is 309 g/mol. The van der Waals surface area contributed by atoms with Crippen LogP contribution in [0.15, 0.2) is 24.3 Å². The summed E-state index contributed by atoms with van der Waals surface area (Å²) in [6.07, 6.45) is -0.145. The van der Waals surface area contributed by atoms with Crippen molar-refractivity contribution in [3.8, 4) is 5.75 Å². The van der Waals surface area contributed by atoms with Gasteiger partial charge in [0.05, 0.1) is 0 Å². The van der Waals surface area contributed by atoms with E-state index in [0.29, 0.717) is 17.6 Å². The lowest BCUT2D eigenvalue weighted by Gasteiger charge is -2.22. The molecule has 0 bridgehead atoms. The Labute approximate surface area is 128 Å². The number of carbonyl (C=O) groups is 3. The first-order chi connectivity index (χ1) is 10.2. The Morgan fingerprint density at radius 1 is 1.27 bits per heavy atom. The van der Waals surface area contributed by atoms with Gasteiger partial charge in [0.1, 0.15) is 24.2 Å². The minimum absolute atomic E-state index is 0.269. The standard InChI is InChI=1S/C15H19NO6/c1-15(2,3)22-14(20)16-12(13(18)19)9-21-11-6-4-10(8-17)5-7-11/h4-8,12H,9H2,1-3H3,(H,16,20)(H,18,19). The van der Waals surface area contributed by atoms with Crippen LogP contribution >= 0.6 is 0 Å². The third-order valence-corrected chi connectivity index (χ3v) is 2.42. The van der Waals surface area contributed by atoms with Gasteiger partial charge in [-0.3, -0.25) is 4.79 Å². The Balaban J connectivity index is 2.58. The SMILES string of the molecule is CC(C)(C)OC(=O)NC(COc1ccc(C=O)cc1)C(=O)O. The molecule has 1 amide bonds. The van der Waals surface area contributed by atoms with Gasteiger partial charge in [-0.05, 0) is 45.0 Å².